The van der Waals surface area contributed by atoms with Gasteiger partial charge in [-0.3, -0.25) is 9.69 Å². The number of fused-ring (bicyclic) bond motifs is 1. The van der Waals surface area contributed by atoms with E-state index in [1.807, 2.05) is 30.5 Å². The Labute approximate surface area is 169 Å². The lowest BCUT2D eigenvalue weighted by Crippen LogP contribution is -2.66. The summed E-state index contributed by atoms with van der Waals surface area (Å²) in [6.45, 7) is 5.85. The summed E-state index contributed by atoms with van der Waals surface area (Å²) in [4.78, 5) is 23.6. The van der Waals surface area contributed by atoms with Gasteiger partial charge in [-0.1, -0.05) is 30.3 Å². The van der Waals surface area contributed by atoms with Crippen molar-refractivity contribution in [3.8, 4) is 0 Å². The van der Waals surface area contributed by atoms with Gasteiger partial charge in [0.15, 0.2) is 0 Å². The maximum atomic E-state index is 13.2. The van der Waals surface area contributed by atoms with Gasteiger partial charge >= 0.3 is 0 Å². The molecule has 1 atom stereocenters. The van der Waals surface area contributed by atoms with E-state index in [1.54, 1.807) is 11.3 Å². The third-order valence-corrected chi connectivity index (χ3v) is 7.27. The summed E-state index contributed by atoms with van der Waals surface area (Å²) in [7, 11) is 0. The van der Waals surface area contributed by atoms with Gasteiger partial charge in [0.1, 0.15) is 0 Å². The minimum absolute atomic E-state index is 0.155. The highest BCUT2D eigenvalue weighted by Crippen LogP contribution is 2.40. The number of aromatic nitrogens is 1. The highest BCUT2D eigenvalue weighted by atomic mass is 32.1. The summed E-state index contributed by atoms with van der Waals surface area (Å²) >= 11 is 1.78. The highest BCUT2D eigenvalue weighted by Gasteiger charge is 2.48. The van der Waals surface area contributed by atoms with E-state index in [9.17, 15) is 4.79 Å². The molecule has 5 heteroatoms. The van der Waals surface area contributed by atoms with E-state index < -0.39 is 0 Å². The molecule has 4 nitrogen and oxygen atoms in total. The van der Waals surface area contributed by atoms with Crippen LogP contribution in [0, 0.1) is 6.92 Å². The van der Waals surface area contributed by atoms with E-state index in [4.69, 9.17) is 0 Å². The number of hydrogen-bond acceptors (Lipinski definition) is 4. The number of piperidine rings is 1. The number of amides is 1. The summed E-state index contributed by atoms with van der Waals surface area (Å²) in [5.74, 6) is 0.172. The fraction of sp³-hybridized carbons (Fsp3) is 0.391. The molecule has 2 aliphatic heterocycles. The predicted molar refractivity (Wildman–Crippen MR) is 114 cm³/mol. The molecule has 0 saturated carbocycles. The average molecular weight is 392 g/mol. The van der Waals surface area contributed by atoms with Crippen molar-refractivity contribution in [2.24, 2.45) is 0 Å². The Morgan fingerprint density at radius 1 is 1.14 bits per heavy atom. The molecule has 5 rings (SSSR count). The van der Waals surface area contributed by atoms with Crippen LogP contribution in [0.2, 0.25) is 0 Å². The maximum absolute atomic E-state index is 13.2. The van der Waals surface area contributed by atoms with Crippen molar-refractivity contribution in [1.29, 1.82) is 0 Å². The highest BCUT2D eigenvalue weighted by molar-refractivity contribution is 7.11. The second kappa shape index (κ2) is 6.98. The second-order valence-electron chi connectivity index (χ2n) is 8.13. The van der Waals surface area contributed by atoms with Crippen LogP contribution >= 0.6 is 11.3 Å². The molecule has 3 aromatic rings. The molecule has 0 N–H and O–H groups in total. The first-order valence-corrected chi connectivity index (χ1v) is 10.9. The zero-order valence-electron chi connectivity index (χ0n) is 16.2. The van der Waals surface area contributed by atoms with Gasteiger partial charge in [-0.15, -0.1) is 11.3 Å². The number of carbonyl (C=O) groups excluding carboxylic acids is 1. The number of thiazole rings is 1. The summed E-state index contributed by atoms with van der Waals surface area (Å²) < 4.78 is 0. The lowest BCUT2D eigenvalue weighted by molar-refractivity contribution is -0.0643. The van der Waals surface area contributed by atoms with Crippen molar-refractivity contribution in [3.05, 3.63) is 64.1 Å². The first-order chi connectivity index (χ1) is 13.6. The Kier molecular flexibility index (Phi) is 4.44. The summed E-state index contributed by atoms with van der Waals surface area (Å²) in [6, 6.07) is 14.3. The van der Waals surface area contributed by atoms with Crippen molar-refractivity contribution in [2.75, 3.05) is 19.6 Å². The normalized spacial score (nSPS) is 22.5. The monoisotopic (exact) mass is 391 g/mol. The van der Waals surface area contributed by atoms with E-state index >= 15 is 0 Å². The summed E-state index contributed by atoms with van der Waals surface area (Å²) in [6.07, 6.45) is 5.46. The Bertz CT molecular complexity index is 1030. The number of benzene rings is 2. The molecular weight excluding hydrogens is 366 g/mol. The first-order valence-electron chi connectivity index (χ1n) is 10.1. The third kappa shape index (κ3) is 3.12. The molecule has 0 radical (unpaired) electrons. The quantitative estimate of drug-likeness (QED) is 0.660. The Morgan fingerprint density at radius 3 is 2.75 bits per heavy atom. The van der Waals surface area contributed by atoms with Gasteiger partial charge in [0.2, 0.25) is 0 Å². The largest absolute Gasteiger partial charge is 0.337 e. The standard InChI is InChI=1S/C23H25N3OS/c1-17-24-14-21(28-17)15-26-12-10-23(26)9-4-11-25(16-23)22(27)20-8-7-18-5-2-3-6-19(18)13-20/h2-3,5-8,13-14H,4,9-12,15-16H2,1H3. The Morgan fingerprint density at radius 2 is 2.00 bits per heavy atom. The van der Waals surface area contributed by atoms with Gasteiger partial charge in [-0.05, 0) is 49.1 Å². The average Bonchev–Trinajstić information content (AvgIpc) is 3.15. The second-order valence-corrected chi connectivity index (χ2v) is 9.45. The van der Waals surface area contributed by atoms with Crippen molar-refractivity contribution in [1.82, 2.24) is 14.8 Å². The SMILES string of the molecule is Cc1ncc(CN2CCC23CCCN(C(=O)c2ccc4ccccc4c2)C3)s1. The van der Waals surface area contributed by atoms with Crippen LogP contribution in [0.5, 0.6) is 0 Å². The van der Waals surface area contributed by atoms with Gasteiger partial charge in [0, 0.05) is 48.4 Å². The minimum Gasteiger partial charge on any atom is -0.337 e. The summed E-state index contributed by atoms with van der Waals surface area (Å²) in [5, 5.41) is 3.44. The van der Waals surface area contributed by atoms with Crippen LogP contribution in [-0.4, -0.2) is 45.9 Å². The maximum Gasteiger partial charge on any atom is 0.253 e. The zero-order valence-corrected chi connectivity index (χ0v) is 17.0. The van der Waals surface area contributed by atoms with Gasteiger partial charge in [-0.25, -0.2) is 4.98 Å². The van der Waals surface area contributed by atoms with E-state index in [0.717, 1.165) is 48.6 Å². The molecular formula is C23H25N3OS. The van der Waals surface area contributed by atoms with Crippen LogP contribution in [0.1, 0.15) is 39.5 Å². The van der Waals surface area contributed by atoms with Crippen LogP contribution in [0.3, 0.4) is 0 Å². The number of nitrogens with zero attached hydrogens (tertiary/aromatic N) is 3. The molecule has 1 spiro atoms. The van der Waals surface area contributed by atoms with Gasteiger partial charge in [-0.2, -0.15) is 0 Å². The molecule has 0 aliphatic carbocycles. The topological polar surface area (TPSA) is 36.4 Å². The number of likely N-dealkylation sites (tertiary alicyclic amines) is 2. The Hall–Kier alpha value is -2.24. The molecule has 144 valence electrons. The van der Waals surface area contributed by atoms with Crippen molar-refractivity contribution >= 4 is 28.0 Å². The van der Waals surface area contributed by atoms with Gasteiger partial charge in [0.05, 0.1) is 5.01 Å². The number of rotatable bonds is 3. The van der Waals surface area contributed by atoms with Crippen LogP contribution < -0.4 is 0 Å². The van der Waals surface area contributed by atoms with E-state index in [2.05, 4.69) is 39.9 Å². The van der Waals surface area contributed by atoms with Crippen LogP contribution in [0.25, 0.3) is 10.8 Å². The van der Waals surface area contributed by atoms with Gasteiger partial charge < -0.3 is 4.90 Å². The zero-order chi connectivity index (χ0) is 19.1. The Balaban J connectivity index is 1.33. The number of aryl methyl sites for hydroxylation is 1. The van der Waals surface area contributed by atoms with Gasteiger partial charge in [0.25, 0.3) is 5.91 Å². The number of carbonyl (C=O) groups is 1. The van der Waals surface area contributed by atoms with Crippen LogP contribution in [0.15, 0.2) is 48.7 Å². The molecule has 2 aliphatic rings. The van der Waals surface area contributed by atoms with Crippen molar-refractivity contribution < 1.29 is 4.79 Å². The lowest BCUT2D eigenvalue weighted by Gasteiger charge is -2.57. The molecule has 1 amide bonds. The van der Waals surface area contributed by atoms with E-state index in [1.165, 1.54) is 23.1 Å². The fourth-order valence-electron chi connectivity index (χ4n) is 4.75. The molecule has 2 fully saturated rings. The third-order valence-electron chi connectivity index (χ3n) is 6.37. The molecule has 0 bridgehead atoms. The van der Waals surface area contributed by atoms with Crippen molar-refractivity contribution in [3.63, 3.8) is 0 Å². The van der Waals surface area contributed by atoms with Crippen LogP contribution in [0.4, 0.5) is 0 Å². The van der Waals surface area contributed by atoms with Crippen LogP contribution in [-0.2, 0) is 6.54 Å². The molecule has 1 unspecified atom stereocenters. The molecule has 2 aromatic carbocycles. The summed E-state index contributed by atoms with van der Waals surface area (Å²) in [5.41, 5.74) is 0.961. The van der Waals surface area contributed by atoms with Crippen molar-refractivity contribution in [2.45, 2.75) is 38.3 Å². The van der Waals surface area contributed by atoms with E-state index in [-0.39, 0.29) is 11.4 Å². The lowest BCUT2D eigenvalue weighted by atomic mass is 9.77. The number of hydrogen-bond donors (Lipinski definition) is 0. The fourth-order valence-corrected chi connectivity index (χ4v) is 5.56. The predicted octanol–water partition coefficient (Wildman–Crippen LogP) is 4.49. The molecule has 2 saturated heterocycles. The minimum atomic E-state index is 0.155. The molecule has 3 heterocycles. The molecule has 28 heavy (non-hydrogen) atoms. The molecule has 1 aromatic heterocycles. The smallest absolute Gasteiger partial charge is 0.253 e. The van der Waals surface area contributed by atoms with E-state index in [0.29, 0.717) is 0 Å². The first kappa shape index (κ1) is 17.8.